The van der Waals surface area contributed by atoms with Gasteiger partial charge in [-0.25, -0.2) is 9.59 Å². The molecule has 0 heterocycles. The van der Waals surface area contributed by atoms with Crippen molar-refractivity contribution < 1.29 is 48.7 Å². The standard InChI is InChI=1S/C13H18O10/c1-13(20,11(17)18)5-21-12(19)23-8-3-2-7(10(15)16)4-9(8)22-6-14/h6-9,20H,2-5H2,1H3,(H,15,16)(H,17,18). The molecule has 3 N–H and O–H groups in total. The third-order valence-electron chi connectivity index (χ3n) is 3.49. The van der Waals surface area contributed by atoms with Gasteiger partial charge in [-0.3, -0.25) is 9.59 Å². The lowest BCUT2D eigenvalue weighted by molar-refractivity contribution is -0.163. The summed E-state index contributed by atoms with van der Waals surface area (Å²) in [6.07, 6.45) is -2.74. The van der Waals surface area contributed by atoms with Gasteiger partial charge in [0.05, 0.1) is 5.92 Å². The minimum Gasteiger partial charge on any atom is -0.481 e. The molecule has 0 radical (unpaired) electrons. The molecule has 0 spiro atoms. The van der Waals surface area contributed by atoms with E-state index in [4.69, 9.17) is 19.7 Å². The van der Waals surface area contributed by atoms with E-state index in [9.17, 15) is 24.3 Å². The van der Waals surface area contributed by atoms with Gasteiger partial charge in [-0.2, -0.15) is 0 Å². The largest absolute Gasteiger partial charge is 0.508 e. The number of carboxylic acid groups (broad SMARTS) is 2. The van der Waals surface area contributed by atoms with Crippen molar-refractivity contribution >= 4 is 24.6 Å². The summed E-state index contributed by atoms with van der Waals surface area (Å²) in [6, 6.07) is 0. The molecule has 0 bridgehead atoms. The number of hydrogen-bond donors (Lipinski definition) is 3. The molecule has 0 saturated heterocycles. The smallest absolute Gasteiger partial charge is 0.481 e. The SMILES string of the molecule is CC(O)(COC(=O)OC1CCC(C(=O)O)CC1OC=O)C(=O)O. The van der Waals surface area contributed by atoms with Crippen molar-refractivity contribution in [3.8, 4) is 0 Å². The minimum absolute atomic E-state index is 0.0150. The highest BCUT2D eigenvalue weighted by atomic mass is 16.7. The molecule has 130 valence electrons. The van der Waals surface area contributed by atoms with Crippen LogP contribution < -0.4 is 0 Å². The van der Waals surface area contributed by atoms with E-state index in [1.54, 1.807) is 0 Å². The van der Waals surface area contributed by atoms with Crippen molar-refractivity contribution in [1.29, 1.82) is 0 Å². The lowest BCUT2D eigenvalue weighted by Gasteiger charge is -2.32. The molecule has 0 amide bonds. The molecule has 1 aliphatic carbocycles. The second-order valence-corrected chi connectivity index (χ2v) is 5.39. The molecule has 0 aromatic heterocycles. The Hall–Kier alpha value is -2.36. The highest BCUT2D eigenvalue weighted by molar-refractivity contribution is 5.77. The number of carbonyl (C=O) groups excluding carboxylic acids is 2. The van der Waals surface area contributed by atoms with Crippen molar-refractivity contribution in [3.05, 3.63) is 0 Å². The van der Waals surface area contributed by atoms with Crippen LogP contribution in [0.1, 0.15) is 26.2 Å². The predicted molar refractivity (Wildman–Crippen MR) is 70.4 cm³/mol. The quantitative estimate of drug-likeness (QED) is 0.419. The molecule has 0 aliphatic heterocycles. The van der Waals surface area contributed by atoms with E-state index in [1.165, 1.54) is 0 Å². The van der Waals surface area contributed by atoms with Crippen LogP contribution >= 0.6 is 0 Å². The van der Waals surface area contributed by atoms with Crippen molar-refractivity contribution in [2.45, 2.75) is 44.0 Å². The van der Waals surface area contributed by atoms with Gasteiger partial charge in [-0.1, -0.05) is 0 Å². The third kappa shape index (κ3) is 5.40. The van der Waals surface area contributed by atoms with E-state index in [0.29, 0.717) is 0 Å². The Labute approximate surface area is 130 Å². The molecule has 4 unspecified atom stereocenters. The van der Waals surface area contributed by atoms with Crippen molar-refractivity contribution in [3.63, 3.8) is 0 Å². The maximum Gasteiger partial charge on any atom is 0.508 e. The van der Waals surface area contributed by atoms with Crippen LogP contribution in [0.4, 0.5) is 4.79 Å². The van der Waals surface area contributed by atoms with Crippen LogP contribution in [0.2, 0.25) is 0 Å². The van der Waals surface area contributed by atoms with Gasteiger partial charge in [0, 0.05) is 6.42 Å². The average Bonchev–Trinajstić information content (AvgIpc) is 2.47. The van der Waals surface area contributed by atoms with Crippen LogP contribution in [0.15, 0.2) is 0 Å². The zero-order valence-electron chi connectivity index (χ0n) is 12.3. The molecule has 0 aromatic rings. The van der Waals surface area contributed by atoms with Gasteiger partial charge in [-0.05, 0) is 19.8 Å². The third-order valence-corrected chi connectivity index (χ3v) is 3.49. The van der Waals surface area contributed by atoms with Gasteiger partial charge in [0.1, 0.15) is 18.8 Å². The first-order valence-corrected chi connectivity index (χ1v) is 6.78. The Morgan fingerprint density at radius 1 is 1.22 bits per heavy atom. The molecule has 4 atom stereocenters. The zero-order valence-corrected chi connectivity index (χ0v) is 12.3. The summed E-state index contributed by atoms with van der Waals surface area (Å²) in [6.45, 7) is 0.246. The molecule has 1 aliphatic rings. The predicted octanol–water partition coefficient (Wildman–Crippen LogP) is -0.230. The molecule has 1 rings (SSSR count). The highest BCUT2D eigenvalue weighted by Crippen LogP contribution is 2.29. The number of hydrogen-bond acceptors (Lipinski definition) is 8. The molecular formula is C13H18O10. The van der Waals surface area contributed by atoms with E-state index in [0.717, 1.165) is 6.92 Å². The molecule has 1 saturated carbocycles. The molecule has 23 heavy (non-hydrogen) atoms. The maximum absolute atomic E-state index is 11.5. The Morgan fingerprint density at radius 2 is 1.87 bits per heavy atom. The summed E-state index contributed by atoms with van der Waals surface area (Å²) in [4.78, 5) is 43.6. The van der Waals surface area contributed by atoms with Crippen molar-refractivity contribution in [2.24, 2.45) is 5.92 Å². The number of aliphatic carboxylic acids is 2. The van der Waals surface area contributed by atoms with Crippen LogP contribution in [0.25, 0.3) is 0 Å². The molecule has 10 heteroatoms. The van der Waals surface area contributed by atoms with Crippen LogP contribution in [0.5, 0.6) is 0 Å². The summed E-state index contributed by atoms with van der Waals surface area (Å²) < 4.78 is 14.2. The van der Waals surface area contributed by atoms with E-state index >= 15 is 0 Å². The highest BCUT2D eigenvalue weighted by Gasteiger charge is 2.38. The van der Waals surface area contributed by atoms with E-state index in [-0.39, 0.29) is 25.7 Å². The van der Waals surface area contributed by atoms with Gasteiger partial charge in [-0.15, -0.1) is 0 Å². The maximum atomic E-state index is 11.5. The number of carboxylic acids is 2. The van der Waals surface area contributed by atoms with Crippen molar-refractivity contribution in [2.75, 3.05) is 6.61 Å². The monoisotopic (exact) mass is 334 g/mol. The van der Waals surface area contributed by atoms with Gasteiger partial charge in [0.15, 0.2) is 5.60 Å². The van der Waals surface area contributed by atoms with Gasteiger partial charge >= 0.3 is 18.1 Å². The topological polar surface area (TPSA) is 157 Å². The molecule has 10 nitrogen and oxygen atoms in total. The summed E-state index contributed by atoms with van der Waals surface area (Å²) in [5.41, 5.74) is -2.27. The minimum atomic E-state index is -2.27. The summed E-state index contributed by atoms with van der Waals surface area (Å²) in [5.74, 6) is -3.33. The molecule has 0 aromatic carbocycles. The van der Waals surface area contributed by atoms with Crippen molar-refractivity contribution in [1.82, 2.24) is 0 Å². The molecular weight excluding hydrogens is 316 g/mol. The van der Waals surface area contributed by atoms with Crippen LogP contribution in [0, 0.1) is 5.92 Å². The Balaban J connectivity index is 2.57. The number of aliphatic hydroxyl groups is 1. The average molecular weight is 334 g/mol. The van der Waals surface area contributed by atoms with E-state index in [1.807, 2.05) is 0 Å². The number of rotatable bonds is 7. The van der Waals surface area contributed by atoms with Gasteiger partial charge in [0.25, 0.3) is 6.47 Å². The summed E-state index contributed by atoms with van der Waals surface area (Å²) >= 11 is 0. The first-order chi connectivity index (χ1) is 10.7. The molecule has 1 fully saturated rings. The first kappa shape index (κ1) is 18.7. The lowest BCUT2D eigenvalue weighted by Crippen LogP contribution is -2.43. The lowest BCUT2D eigenvalue weighted by atomic mass is 9.85. The van der Waals surface area contributed by atoms with E-state index in [2.05, 4.69) is 4.74 Å². The van der Waals surface area contributed by atoms with Crippen LogP contribution in [-0.2, 0) is 28.6 Å². The fourth-order valence-electron chi connectivity index (χ4n) is 2.09. The zero-order chi connectivity index (χ0) is 17.6. The Morgan fingerprint density at radius 3 is 2.39 bits per heavy atom. The first-order valence-electron chi connectivity index (χ1n) is 6.78. The van der Waals surface area contributed by atoms with Gasteiger partial charge in [0.2, 0.25) is 0 Å². The normalized spacial score (nSPS) is 26.4. The summed E-state index contributed by atoms with van der Waals surface area (Å²) in [5, 5.41) is 27.0. The summed E-state index contributed by atoms with van der Waals surface area (Å²) in [7, 11) is 0. The Kier molecular flexibility index (Phi) is 6.31. The number of carbonyl (C=O) groups is 4. The van der Waals surface area contributed by atoms with E-state index < -0.39 is 48.4 Å². The van der Waals surface area contributed by atoms with Crippen LogP contribution in [0.3, 0.4) is 0 Å². The fraction of sp³-hybridized carbons (Fsp3) is 0.692. The fourth-order valence-corrected chi connectivity index (χ4v) is 2.09. The Bertz CT molecular complexity index is 471. The van der Waals surface area contributed by atoms with Gasteiger partial charge < -0.3 is 29.5 Å². The second-order valence-electron chi connectivity index (χ2n) is 5.39. The number of ether oxygens (including phenoxy) is 3. The second kappa shape index (κ2) is 7.77. The van der Waals surface area contributed by atoms with Crippen LogP contribution in [-0.4, -0.2) is 64.3 Å².